The average Bonchev–Trinajstić information content (AvgIpc) is 3.81. The van der Waals surface area contributed by atoms with Crippen LogP contribution in [0, 0.1) is 13.8 Å². The number of carbonyl (C=O) groups excluding carboxylic acids is 3. The maximum atomic E-state index is 13.3. The molecule has 0 aliphatic rings. The second kappa shape index (κ2) is 12.9. The van der Waals surface area contributed by atoms with Crippen molar-refractivity contribution in [1.82, 2.24) is 33.9 Å². The van der Waals surface area contributed by atoms with E-state index in [1.165, 1.54) is 12.1 Å². The predicted octanol–water partition coefficient (Wildman–Crippen LogP) is 4.34. The number of nitrogens with zero attached hydrogens (tertiary/aromatic N) is 7. The Hall–Kier alpha value is -6.25. The molecule has 0 fully saturated rings. The van der Waals surface area contributed by atoms with Gasteiger partial charge in [0, 0.05) is 32.1 Å². The van der Waals surface area contributed by atoms with Crippen molar-refractivity contribution in [1.29, 1.82) is 0 Å². The van der Waals surface area contributed by atoms with Crippen LogP contribution in [-0.2, 0) is 26.1 Å². The minimum absolute atomic E-state index is 0.0601. The molecular weight excluding hydrogens is 616 g/mol. The summed E-state index contributed by atoms with van der Waals surface area (Å²) in [5, 5.41) is 21.0. The van der Waals surface area contributed by atoms with E-state index in [0.717, 1.165) is 11.2 Å². The lowest BCUT2D eigenvalue weighted by Crippen LogP contribution is -2.19. The van der Waals surface area contributed by atoms with Gasteiger partial charge in [-0.2, -0.15) is 5.10 Å². The second-order valence-electron chi connectivity index (χ2n) is 11.0. The molecule has 2 aromatic carbocycles. The smallest absolute Gasteiger partial charge is 0.295 e. The summed E-state index contributed by atoms with van der Waals surface area (Å²) in [6.07, 6.45) is 4.17. The largest absolute Gasteiger partial charge is 0.506 e. The molecule has 0 saturated heterocycles. The van der Waals surface area contributed by atoms with Crippen LogP contribution in [0.1, 0.15) is 62.5 Å². The van der Waals surface area contributed by atoms with Crippen molar-refractivity contribution in [2.45, 2.75) is 53.8 Å². The number of aromatic hydroxyl groups is 1. The number of hydrogen-bond acceptors (Lipinski definition) is 9. The summed E-state index contributed by atoms with van der Waals surface area (Å²) in [5.41, 5.74) is 9.24. The number of imidazole rings is 2. The molecule has 0 bridgehead atoms. The number of phenolic OH excluding ortho intramolecular Hbond substituents is 1. The molecule has 4 heterocycles. The van der Waals surface area contributed by atoms with E-state index < -0.39 is 11.8 Å². The number of primary amides is 1. The van der Waals surface area contributed by atoms with Crippen LogP contribution in [0.3, 0.4) is 0 Å². The summed E-state index contributed by atoms with van der Waals surface area (Å²) in [4.78, 5) is 51.8. The summed E-state index contributed by atoms with van der Waals surface area (Å²) in [5.74, 6) is -0.984. The van der Waals surface area contributed by atoms with Crippen molar-refractivity contribution in [3.63, 3.8) is 0 Å². The van der Waals surface area contributed by atoms with Crippen LogP contribution >= 0.6 is 0 Å². The molecule has 4 aromatic heterocycles. The number of carbonyl (C=O) groups is 3. The highest BCUT2D eigenvalue weighted by atomic mass is 16.4. The minimum atomic E-state index is -0.735. The van der Waals surface area contributed by atoms with Crippen molar-refractivity contribution in [3.8, 4) is 5.75 Å². The molecule has 0 unspecified atom stereocenters. The number of aromatic nitrogens is 7. The first-order chi connectivity index (χ1) is 23.1. The molecule has 0 saturated carbocycles. The second-order valence-corrected chi connectivity index (χ2v) is 11.0. The number of para-hydroxylation sites is 2. The molecule has 15 nitrogen and oxygen atoms in total. The number of allylic oxidation sites excluding steroid dienone is 2. The normalized spacial score (nSPS) is 11.6. The van der Waals surface area contributed by atoms with Gasteiger partial charge in [-0.15, -0.1) is 0 Å². The van der Waals surface area contributed by atoms with Crippen molar-refractivity contribution in [2.75, 3.05) is 10.6 Å². The van der Waals surface area contributed by atoms with Gasteiger partial charge in [-0.3, -0.25) is 29.7 Å². The highest BCUT2D eigenvalue weighted by Gasteiger charge is 2.23. The Labute approximate surface area is 274 Å². The van der Waals surface area contributed by atoms with E-state index in [0.29, 0.717) is 48.3 Å². The maximum Gasteiger partial charge on any atom is 0.295 e. The van der Waals surface area contributed by atoms with Crippen molar-refractivity contribution in [3.05, 3.63) is 88.9 Å². The zero-order valence-electron chi connectivity index (χ0n) is 26.8. The quantitative estimate of drug-likeness (QED) is 0.147. The molecule has 5 N–H and O–H groups in total. The van der Waals surface area contributed by atoms with E-state index in [1.807, 2.05) is 61.8 Å². The number of hydrogen-bond donors (Lipinski definition) is 4. The van der Waals surface area contributed by atoms with E-state index in [2.05, 4.69) is 30.7 Å². The van der Waals surface area contributed by atoms with Gasteiger partial charge >= 0.3 is 0 Å². The maximum absolute atomic E-state index is 13.3. The molecule has 0 spiro atoms. The fraction of sp³-hybridized carbons (Fsp3) is 0.242. The number of anilines is 2. The van der Waals surface area contributed by atoms with Crippen molar-refractivity contribution >= 4 is 51.7 Å². The van der Waals surface area contributed by atoms with Gasteiger partial charge < -0.3 is 24.4 Å². The first-order valence-corrected chi connectivity index (χ1v) is 15.3. The highest BCUT2D eigenvalue weighted by molar-refractivity contribution is 6.04. The first-order valence-electron chi connectivity index (χ1n) is 15.3. The predicted molar refractivity (Wildman–Crippen MR) is 178 cm³/mol. The van der Waals surface area contributed by atoms with E-state index >= 15 is 0 Å². The number of phenols is 1. The number of nitrogens with two attached hydrogens (primary N) is 1. The van der Waals surface area contributed by atoms with Gasteiger partial charge in [-0.05, 0) is 50.6 Å². The summed E-state index contributed by atoms with van der Waals surface area (Å²) in [7, 11) is 0. The minimum Gasteiger partial charge on any atom is -0.506 e. The SMILES string of the molecule is CCc1nc(C)oc1C(=O)Nc1nc2cc(C(N)=O)cc(O)c2n1C/C=C/Cn1c(NC(=O)c2cc(C)nn2CC)nc2ccccc21. The molecule has 48 heavy (non-hydrogen) atoms. The number of aryl methyl sites for hydroxylation is 4. The van der Waals surface area contributed by atoms with E-state index in [1.54, 1.807) is 22.2 Å². The van der Waals surface area contributed by atoms with Gasteiger partial charge in [0.1, 0.15) is 17.0 Å². The highest BCUT2D eigenvalue weighted by Crippen LogP contribution is 2.30. The van der Waals surface area contributed by atoms with Crippen molar-refractivity contribution < 1.29 is 23.9 Å². The molecule has 0 atom stereocenters. The van der Waals surface area contributed by atoms with Gasteiger partial charge in [0.25, 0.3) is 11.8 Å². The molecular formula is C33H34N10O5. The molecule has 0 aliphatic heterocycles. The number of fused-ring (bicyclic) bond motifs is 2. The third kappa shape index (κ3) is 6.00. The molecule has 3 amide bonds. The van der Waals surface area contributed by atoms with Crippen LogP contribution < -0.4 is 16.4 Å². The van der Waals surface area contributed by atoms with Gasteiger partial charge in [-0.25, -0.2) is 15.0 Å². The van der Waals surface area contributed by atoms with Crippen LogP contribution in [0.2, 0.25) is 0 Å². The van der Waals surface area contributed by atoms with E-state index in [-0.39, 0.29) is 46.5 Å². The fourth-order valence-corrected chi connectivity index (χ4v) is 5.56. The Morgan fingerprint density at radius 3 is 2.33 bits per heavy atom. The van der Waals surface area contributed by atoms with E-state index in [9.17, 15) is 19.5 Å². The third-order valence-corrected chi connectivity index (χ3v) is 7.73. The topological polar surface area (TPSA) is 201 Å². The van der Waals surface area contributed by atoms with Gasteiger partial charge in [0.2, 0.25) is 23.6 Å². The van der Waals surface area contributed by atoms with Gasteiger partial charge in [0.05, 0.1) is 27.9 Å². The molecule has 0 radical (unpaired) electrons. The number of rotatable bonds is 11. The summed E-state index contributed by atoms with van der Waals surface area (Å²) < 4.78 is 10.7. The third-order valence-electron chi connectivity index (χ3n) is 7.73. The monoisotopic (exact) mass is 650 g/mol. The Bertz CT molecular complexity index is 2240. The van der Waals surface area contributed by atoms with Crippen LogP contribution in [0.4, 0.5) is 11.9 Å². The lowest BCUT2D eigenvalue weighted by molar-refractivity contribution is 0.0987. The lowest BCUT2D eigenvalue weighted by atomic mass is 10.1. The first kappa shape index (κ1) is 31.7. The number of amides is 3. The Balaban J connectivity index is 1.31. The van der Waals surface area contributed by atoms with Gasteiger partial charge in [0.15, 0.2) is 5.89 Å². The standard InChI is InChI=1S/C33H34N10O5/c1-5-21-28(48-19(4)35-21)31(47)39-33-37-23-16-20(29(34)45)17-26(44)27(23)42(33)14-10-9-13-41-24-12-8-7-11-22(24)36-32(41)38-30(46)25-15-18(3)40-43(25)6-2/h7-12,15-17,44H,5-6,13-14H2,1-4H3,(H2,34,45)(H,36,38,46)(H,37,39,47)/b10-9+. The molecule has 15 heteroatoms. The number of nitrogens with one attached hydrogen (secondary N) is 2. The van der Waals surface area contributed by atoms with Gasteiger partial charge in [-0.1, -0.05) is 31.2 Å². The Kier molecular flexibility index (Phi) is 8.50. The summed E-state index contributed by atoms with van der Waals surface area (Å²) in [6.45, 7) is 8.29. The zero-order valence-corrected chi connectivity index (χ0v) is 26.8. The van der Waals surface area contributed by atoms with Crippen molar-refractivity contribution in [2.24, 2.45) is 5.73 Å². The lowest BCUT2D eigenvalue weighted by Gasteiger charge is -2.10. The summed E-state index contributed by atoms with van der Waals surface area (Å²) in [6, 6.07) is 12.0. The zero-order chi connectivity index (χ0) is 34.1. The Morgan fingerprint density at radius 2 is 1.60 bits per heavy atom. The van der Waals surface area contributed by atoms with Crippen LogP contribution in [-0.4, -0.2) is 56.7 Å². The average molecular weight is 651 g/mol. The van der Waals surface area contributed by atoms with Crippen LogP contribution in [0.15, 0.2) is 59.0 Å². The number of benzene rings is 2. The van der Waals surface area contributed by atoms with Crippen LogP contribution in [0.25, 0.3) is 22.1 Å². The molecule has 6 aromatic rings. The summed E-state index contributed by atoms with van der Waals surface area (Å²) >= 11 is 0. The van der Waals surface area contributed by atoms with Crippen LogP contribution in [0.5, 0.6) is 5.75 Å². The number of oxazole rings is 1. The Morgan fingerprint density at radius 1 is 0.917 bits per heavy atom. The molecule has 0 aliphatic carbocycles. The molecule has 6 rings (SSSR count). The molecule has 246 valence electrons. The van der Waals surface area contributed by atoms with E-state index in [4.69, 9.17) is 10.2 Å². The fourth-order valence-electron chi connectivity index (χ4n) is 5.56.